The Labute approximate surface area is 82.4 Å². The van der Waals surface area contributed by atoms with Crippen LogP contribution in [0.25, 0.3) is 6.08 Å². The molecular weight excluding hydrogens is 181 g/mol. The first-order chi connectivity index (χ1) is 6.76. The van der Waals surface area contributed by atoms with Crippen LogP contribution in [0.15, 0.2) is 35.5 Å². The third-order valence-corrected chi connectivity index (χ3v) is 1.83. The largest absolute Gasteiger partial charge is 0.411 e. The molecule has 0 saturated carbocycles. The van der Waals surface area contributed by atoms with E-state index in [4.69, 9.17) is 5.21 Å². The standard InChI is InChI=1S/C11H12FNO/c1-2-11(13-14)8-5-9-3-6-10(12)7-4-9/h3-8,14H,2H2,1H3/b8-5+,13-11?. The lowest BCUT2D eigenvalue weighted by atomic mass is 10.2. The second kappa shape index (κ2) is 5.17. The molecule has 0 fully saturated rings. The Hall–Kier alpha value is -1.64. The molecule has 1 N–H and O–H groups in total. The second-order valence-electron chi connectivity index (χ2n) is 2.83. The summed E-state index contributed by atoms with van der Waals surface area (Å²) in [6, 6.07) is 6.11. The fraction of sp³-hybridized carbons (Fsp3) is 0.182. The van der Waals surface area contributed by atoms with E-state index >= 15 is 0 Å². The molecule has 0 amide bonds. The molecule has 74 valence electrons. The summed E-state index contributed by atoms with van der Waals surface area (Å²) in [6.45, 7) is 1.89. The van der Waals surface area contributed by atoms with E-state index in [2.05, 4.69) is 5.16 Å². The molecule has 0 aromatic heterocycles. The Morgan fingerprint density at radius 3 is 2.57 bits per heavy atom. The van der Waals surface area contributed by atoms with Gasteiger partial charge in [0, 0.05) is 0 Å². The fourth-order valence-electron chi connectivity index (χ4n) is 0.988. The van der Waals surface area contributed by atoms with Crippen LogP contribution < -0.4 is 0 Å². The molecule has 0 aliphatic heterocycles. The van der Waals surface area contributed by atoms with Gasteiger partial charge in [0.2, 0.25) is 0 Å². The van der Waals surface area contributed by atoms with Gasteiger partial charge in [-0.2, -0.15) is 0 Å². The highest BCUT2D eigenvalue weighted by Gasteiger charge is 1.91. The SMILES string of the molecule is CCC(/C=C/c1ccc(F)cc1)=NO. The summed E-state index contributed by atoms with van der Waals surface area (Å²) in [5.41, 5.74) is 1.47. The number of oxime groups is 1. The smallest absolute Gasteiger partial charge is 0.123 e. The number of rotatable bonds is 3. The van der Waals surface area contributed by atoms with Crippen molar-refractivity contribution in [1.29, 1.82) is 0 Å². The summed E-state index contributed by atoms with van der Waals surface area (Å²) in [5, 5.41) is 11.6. The molecular formula is C11H12FNO. The summed E-state index contributed by atoms with van der Waals surface area (Å²) in [4.78, 5) is 0. The first-order valence-corrected chi connectivity index (χ1v) is 4.41. The number of hydrogen-bond donors (Lipinski definition) is 1. The minimum atomic E-state index is -0.256. The predicted molar refractivity (Wildman–Crippen MR) is 54.9 cm³/mol. The van der Waals surface area contributed by atoms with E-state index in [0.717, 1.165) is 5.56 Å². The van der Waals surface area contributed by atoms with E-state index in [9.17, 15) is 4.39 Å². The molecule has 0 heterocycles. The minimum Gasteiger partial charge on any atom is -0.411 e. The molecule has 1 aromatic rings. The first-order valence-electron chi connectivity index (χ1n) is 4.41. The summed E-state index contributed by atoms with van der Waals surface area (Å²) in [7, 11) is 0. The minimum absolute atomic E-state index is 0.256. The maximum Gasteiger partial charge on any atom is 0.123 e. The number of hydrogen-bond acceptors (Lipinski definition) is 2. The molecule has 2 nitrogen and oxygen atoms in total. The quantitative estimate of drug-likeness (QED) is 0.446. The average Bonchev–Trinajstić information content (AvgIpc) is 2.22. The zero-order valence-corrected chi connectivity index (χ0v) is 7.94. The Morgan fingerprint density at radius 2 is 2.07 bits per heavy atom. The maximum absolute atomic E-state index is 12.5. The van der Waals surface area contributed by atoms with Crippen LogP contribution in [0.3, 0.4) is 0 Å². The van der Waals surface area contributed by atoms with Crippen LogP contribution in [0, 0.1) is 5.82 Å². The van der Waals surface area contributed by atoms with Crippen molar-refractivity contribution in [2.45, 2.75) is 13.3 Å². The lowest BCUT2D eigenvalue weighted by Gasteiger charge is -1.93. The molecule has 0 spiro atoms. The van der Waals surface area contributed by atoms with Crippen molar-refractivity contribution < 1.29 is 9.60 Å². The third-order valence-electron chi connectivity index (χ3n) is 1.83. The highest BCUT2D eigenvalue weighted by atomic mass is 19.1. The van der Waals surface area contributed by atoms with Crippen molar-refractivity contribution in [2.75, 3.05) is 0 Å². The predicted octanol–water partition coefficient (Wildman–Crippen LogP) is 3.08. The summed E-state index contributed by atoms with van der Waals surface area (Å²) >= 11 is 0. The number of allylic oxidation sites excluding steroid dienone is 1. The molecule has 0 aliphatic carbocycles. The van der Waals surface area contributed by atoms with Crippen LogP contribution in [0.4, 0.5) is 4.39 Å². The topological polar surface area (TPSA) is 32.6 Å². The van der Waals surface area contributed by atoms with Gasteiger partial charge >= 0.3 is 0 Å². The van der Waals surface area contributed by atoms with Crippen LogP contribution in [0.2, 0.25) is 0 Å². The van der Waals surface area contributed by atoms with Crippen molar-refractivity contribution in [3.63, 3.8) is 0 Å². The van der Waals surface area contributed by atoms with Gasteiger partial charge in [-0.15, -0.1) is 0 Å². The second-order valence-corrected chi connectivity index (χ2v) is 2.83. The molecule has 0 radical (unpaired) electrons. The third kappa shape index (κ3) is 3.01. The van der Waals surface area contributed by atoms with E-state index in [0.29, 0.717) is 12.1 Å². The highest BCUT2D eigenvalue weighted by molar-refractivity contribution is 5.97. The van der Waals surface area contributed by atoms with Crippen molar-refractivity contribution in [3.05, 3.63) is 41.7 Å². The molecule has 1 aromatic carbocycles. The average molecular weight is 193 g/mol. The first kappa shape index (κ1) is 10.4. The summed E-state index contributed by atoms with van der Waals surface area (Å²) in [6.07, 6.45) is 4.14. The van der Waals surface area contributed by atoms with Gasteiger partial charge in [-0.3, -0.25) is 0 Å². The number of benzene rings is 1. The Bertz CT molecular complexity index is 341. The molecule has 3 heteroatoms. The van der Waals surface area contributed by atoms with Crippen molar-refractivity contribution in [1.82, 2.24) is 0 Å². The van der Waals surface area contributed by atoms with Crippen LogP contribution in [0.1, 0.15) is 18.9 Å². The molecule has 0 atom stereocenters. The van der Waals surface area contributed by atoms with Gasteiger partial charge in [0.15, 0.2) is 0 Å². The van der Waals surface area contributed by atoms with Crippen LogP contribution >= 0.6 is 0 Å². The summed E-state index contributed by atoms with van der Waals surface area (Å²) in [5.74, 6) is -0.256. The van der Waals surface area contributed by atoms with E-state index in [-0.39, 0.29) is 5.82 Å². The van der Waals surface area contributed by atoms with Gasteiger partial charge < -0.3 is 5.21 Å². The van der Waals surface area contributed by atoms with Crippen LogP contribution in [-0.2, 0) is 0 Å². The lowest BCUT2D eigenvalue weighted by Crippen LogP contribution is -1.88. The number of nitrogens with zero attached hydrogens (tertiary/aromatic N) is 1. The van der Waals surface area contributed by atoms with Crippen molar-refractivity contribution in [2.24, 2.45) is 5.16 Å². The van der Waals surface area contributed by atoms with Crippen LogP contribution in [0.5, 0.6) is 0 Å². The lowest BCUT2D eigenvalue weighted by molar-refractivity contribution is 0.318. The van der Waals surface area contributed by atoms with E-state index < -0.39 is 0 Å². The summed E-state index contributed by atoms with van der Waals surface area (Å²) < 4.78 is 12.5. The zero-order chi connectivity index (χ0) is 10.4. The normalized spacial score (nSPS) is 12.3. The molecule has 0 saturated heterocycles. The number of halogens is 1. The fourth-order valence-corrected chi connectivity index (χ4v) is 0.988. The van der Waals surface area contributed by atoms with Crippen LogP contribution in [-0.4, -0.2) is 10.9 Å². The van der Waals surface area contributed by atoms with E-state index in [1.807, 2.05) is 6.92 Å². The Kier molecular flexibility index (Phi) is 3.85. The van der Waals surface area contributed by atoms with E-state index in [1.165, 1.54) is 12.1 Å². The highest BCUT2D eigenvalue weighted by Crippen LogP contribution is 2.05. The van der Waals surface area contributed by atoms with E-state index in [1.54, 1.807) is 24.3 Å². The van der Waals surface area contributed by atoms with Crippen molar-refractivity contribution in [3.8, 4) is 0 Å². The molecule has 0 bridgehead atoms. The molecule has 1 rings (SSSR count). The monoisotopic (exact) mass is 193 g/mol. The zero-order valence-electron chi connectivity index (χ0n) is 7.94. The molecule has 0 aliphatic rings. The Balaban J connectivity index is 2.73. The maximum atomic E-state index is 12.5. The van der Waals surface area contributed by atoms with Crippen molar-refractivity contribution >= 4 is 11.8 Å². The molecule has 14 heavy (non-hydrogen) atoms. The Morgan fingerprint density at radius 1 is 1.43 bits per heavy atom. The van der Waals surface area contributed by atoms with Gasteiger partial charge in [0.05, 0.1) is 5.71 Å². The van der Waals surface area contributed by atoms with Gasteiger partial charge in [-0.1, -0.05) is 30.3 Å². The van der Waals surface area contributed by atoms with Gasteiger partial charge in [-0.05, 0) is 30.2 Å². The van der Waals surface area contributed by atoms with Gasteiger partial charge in [0.25, 0.3) is 0 Å². The van der Waals surface area contributed by atoms with Gasteiger partial charge in [-0.25, -0.2) is 4.39 Å². The molecule has 0 unspecified atom stereocenters. The van der Waals surface area contributed by atoms with Gasteiger partial charge in [0.1, 0.15) is 5.82 Å².